The van der Waals surface area contributed by atoms with Crippen LogP contribution in [0.5, 0.6) is 0 Å². The van der Waals surface area contributed by atoms with Gasteiger partial charge in [0.15, 0.2) is 0 Å². The number of nitrogens with zero attached hydrogens (tertiary/aromatic N) is 3. The van der Waals surface area contributed by atoms with Gasteiger partial charge in [0.2, 0.25) is 0 Å². The molecule has 2 aliphatic heterocycles. The van der Waals surface area contributed by atoms with Gasteiger partial charge in [0, 0.05) is 32.4 Å². The van der Waals surface area contributed by atoms with Crippen molar-refractivity contribution in [2.24, 2.45) is 11.8 Å². The van der Waals surface area contributed by atoms with Gasteiger partial charge in [-0.25, -0.2) is 4.98 Å². The molecule has 0 spiro atoms. The number of hydrogen-bond acceptors (Lipinski definition) is 4. The van der Waals surface area contributed by atoms with Gasteiger partial charge in [-0.2, -0.15) is 5.26 Å². The Morgan fingerprint density at radius 3 is 2.62 bits per heavy atom. The normalized spacial score (nSPS) is 27.8. The van der Waals surface area contributed by atoms with E-state index in [2.05, 4.69) is 21.3 Å². The summed E-state index contributed by atoms with van der Waals surface area (Å²) in [4.78, 5) is 6.67. The van der Waals surface area contributed by atoms with E-state index in [1.54, 1.807) is 6.20 Å². The molecule has 0 aromatic carbocycles. The summed E-state index contributed by atoms with van der Waals surface area (Å²) in [6.45, 7) is 4.46. The Bertz CT molecular complexity index is 408. The lowest BCUT2D eigenvalue weighted by molar-refractivity contribution is 0.533. The fourth-order valence-electron chi connectivity index (χ4n) is 2.68. The lowest BCUT2D eigenvalue weighted by Gasteiger charge is -2.18. The van der Waals surface area contributed by atoms with E-state index in [0.29, 0.717) is 5.56 Å². The molecule has 0 bridgehead atoms. The van der Waals surface area contributed by atoms with E-state index in [0.717, 1.165) is 43.8 Å². The average molecular weight is 214 g/mol. The highest BCUT2D eigenvalue weighted by atomic mass is 15.2. The summed E-state index contributed by atoms with van der Waals surface area (Å²) in [6, 6.07) is 5.89. The zero-order valence-corrected chi connectivity index (χ0v) is 9.06. The van der Waals surface area contributed by atoms with E-state index < -0.39 is 0 Å². The summed E-state index contributed by atoms with van der Waals surface area (Å²) in [5, 5.41) is 12.1. The smallest absolute Gasteiger partial charge is 0.128 e. The standard InChI is InChI=1S/C12H14N4/c13-3-9-1-2-12(15-4-9)16-7-10-5-14-6-11(10)8-16/h1-2,4,10-11,14H,5-8H2. The maximum atomic E-state index is 8.71. The fourth-order valence-corrected chi connectivity index (χ4v) is 2.68. The Hall–Kier alpha value is -1.60. The van der Waals surface area contributed by atoms with Crippen LogP contribution in [-0.4, -0.2) is 31.2 Å². The molecule has 2 aliphatic rings. The molecule has 2 fully saturated rings. The van der Waals surface area contributed by atoms with Crippen LogP contribution < -0.4 is 10.2 Å². The predicted molar refractivity (Wildman–Crippen MR) is 61.0 cm³/mol. The lowest BCUT2D eigenvalue weighted by atomic mass is 10.0. The van der Waals surface area contributed by atoms with Crippen molar-refractivity contribution < 1.29 is 0 Å². The Kier molecular flexibility index (Phi) is 2.26. The second kappa shape index (κ2) is 3.76. The highest BCUT2D eigenvalue weighted by molar-refractivity contribution is 5.43. The summed E-state index contributed by atoms with van der Waals surface area (Å²) in [5.41, 5.74) is 0.629. The van der Waals surface area contributed by atoms with E-state index in [1.165, 1.54) is 0 Å². The molecule has 1 aromatic rings. The maximum absolute atomic E-state index is 8.71. The molecule has 0 aliphatic carbocycles. The first-order chi connectivity index (χ1) is 7.86. The minimum Gasteiger partial charge on any atom is -0.356 e. The van der Waals surface area contributed by atoms with Crippen molar-refractivity contribution in [3.63, 3.8) is 0 Å². The van der Waals surface area contributed by atoms with Gasteiger partial charge in [0.1, 0.15) is 11.9 Å². The Labute approximate surface area is 94.9 Å². The highest BCUT2D eigenvalue weighted by Gasteiger charge is 2.36. The van der Waals surface area contributed by atoms with E-state index in [1.807, 2.05) is 12.1 Å². The van der Waals surface area contributed by atoms with Crippen LogP contribution >= 0.6 is 0 Å². The van der Waals surface area contributed by atoms with Crippen LogP contribution in [-0.2, 0) is 0 Å². The van der Waals surface area contributed by atoms with Crippen molar-refractivity contribution >= 4 is 5.82 Å². The van der Waals surface area contributed by atoms with Crippen molar-refractivity contribution in [3.8, 4) is 6.07 Å². The molecule has 4 nitrogen and oxygen atoms in total. The number of aromatic nitrogens is 1. The molecule has 2 unspecified atom stereocenters. The van der Waals surface area contributed by atoms with Crippen LogP contribution in [0.15, 0.2) is 18.3 Å². The molecule has 0 saturated carbocycles. The molecule has 2 atom stereocenters. The van der Waals surface area contributed by atoms with Crippen LogP contribution in [0.3, 0.4) is 0 Å². The zero-order valence-electron chi connectivity index (χ0n) is 9.06. The summed E-state index contributed by atoms with van der Waals surface area (Å²) < 4.78 is 0. The number of fused-ring (bicyclic) bond motifs is 1. The van der Waals surface area contributed by atoms with E-state index in [4.69, 9.17) is 5.26 Å². The fraction of sp³-hybridized carbons (Fsp3) is 0.500. The third-order valence-corrected chi connectivity index (χ3v) is 3.59. The second-order valence-electron chi connectivity index (χ2n) is 4.60. The van der Waals surface area contributed by atoms with Crippen molar-refractivity contribution in [3.05, 3.63) is 23.9 Å². The van der Waals surface area contributed by atoms with E-state index in [9.17, 15) is 0 Å². The van der Waals surface area contributed by atoms with Crippen LogP contribution in [0.2, 0.25) is 0 Å². The first-order valence-electron chi connectivity index (χ1n) is 5.68. The average Bonchev–Trinajstić information content (AvgIpc) is 2.89. The first-order valence-corrected chi connectivity index (χ1v) is 5.68. The molecule has 3 heterocycles. The Balaban J connectivity index is 1.76. The molecule has 0 radical (unpaired) electrons. The molecule has 0 amide bonds. The monoisotopic (exact) mass is 214 g/mol. The van der Waals surface area contributed by atoms with Crippen molar-refractivity contribution in [1.29, 1.82) is 5.26 Å². The minimum atomic E-state index is 0.629. The van der Waals surface area contributed by atoms with Gasteiger partial charge in [-0.1, -0.05) is 0 Å². The number of hydrogen-bond donors (Lipinski definition) is 1. The summed E-state index contributed by atoms with van der Waals surface area (Å²) >= 11 is 0. The molecular formula is C12H14N4. The Morgan fingerprint density at radius 2 is 2.06 bits per heavy atom. The molecule has 4 heteroatoms. The number of rotatable bonds is 1. The molecule has 16 heavy (non-hydrogen) atoms. The van der Waals surface area contributed by atoms with Gasteiger partial charge in [-0.15, -0.1) is 0 Å². The van der Waals surface area contributed by atoms with Gasteiger partial charge in [0.25, 0.3) is 0 Å². The van der Waals surface area contributed by atoms with Crippen LogP contribution in [0.1, 0.15) is 5.56 Å². The van der Waals surface area contributed by atoms with Gasteiger partial charge < -0.3 is 10.2 Å². The lowest BCUT2D eigenvalue weighted by Crippen LogP contribution is -2.26. The second-order valence-corrected chi connectivity index (χ2v) is 4.60. The maximum Gasteiger partial charge on any atom is 0.128 e. The number of nitrogens with one attached hydrogen (secondary N) is 1. The summed E-state index contributed by atoms with van der Waals surface area (Å²) in [5.74, 6) is 2.56. The molecule has 1 N–H and O–H groups in total. The van der Waals surface area contributed by atoms with Gasteiger partial charge >= 0.3 is 0 Å². The van der Waals surface area contributed by atoms with Crippen LogP contribution in [0.25, 0.3) is 0 Å². The molecule has 3 rings (SSSR count). The van der Waals surface area contributed by atoms with Gasteiger partial charge in [-0.3, -0.25) is 0 Å². The topological polar surface area (TPSA) is 52.0 Å². The number of pyridine rings is 1. The summed E-state index contributed by atoms with van der Waals surface area (Å²) in [7, 11) is 0. The highest BCUT2D eigenvalue weighted by Crippen LogP contribution is 2.29. The molecule has 1 aromatic heterocycles. The molecule has 82 valence electrons. The largest absolute Gasteiger partial charge is 0.356 e. The molecule has 2 saturated heterocycles. The third-order valence-electron chi connectivity index (χ3n) is 3.59. The van der Waals surface area contributed by atoms with Gasteiger partial charge in [0.05, 0.1) is 5.56 Å². The van der Waals surface area contributed by atoms with Crippen molar-refractivity contribution in [2.75, 3.05) is 31.1 Å². The van der Waals surface area contributed by atoms with Gasteiger partial charge in [-0.05, 0) is 24.0 Å². The van der Waals surface area contributed by atoms with E-state index in [-0.39, 0.29) is 0 Å². The number of anilines is 1. The van der Waals surface area contributed by atoms with Crippen molar-refractivity contribution in [2.45, 2.75) is 0 Å². The van der Waals surface area contributed by atoms with Crippen LogP contribution in [0, 0.1) is 23.2 Å². The van der Waals surface area contributed by atoms with E-state index >= 15 is 0 Å². The van der Waals surface area contributed by atoms with Crippen LogP contribution in [0.4, 0.5) is 5.82 Å². The zero-order chi connectivity index (χ0) is 11.0. The number of nitriles is 1. The predicted octanol–water partition coefficient (Wildman–Crippen LogP) is 0.609. The SMILES string of the molecule is N#Cc1ccc(N2CC3CNCC3C2)nc1. The minimum absolute atomic E-state index is 0.629. The Morgan fingerprint density at radius 1 is 1.31 bits per heavy atom. The summed E-state index contributed by atoms with van der Waals surface area (Å²) in [6.07, 6.45) is 1.65. The molecular weight excluding hydrogens is 200 g/mol. The first kappa shape index (κ1) is 9.61. The quantitative estimate of drug-likeness (QED) is 0.744. The third kappa shape index (κ3) is 1.54. The van der Waals surface area contributed by atoms with Crippen molar-refractivity contribution in [1.82, 2.24) is 10.3 Å².